The molecule has 0 saturated carbocycles. The van der Waals surface area contributed by atoms with Gasteiger partial charge in [0.1, 0.15) is 11.5 Å². The molecule has 1 N–H and O–H groups in total. The van der Waals surface area contributed by atoms with Crippen LogP contribution in [0.1, 0.15) is 18.1 Å². The number of benzene rings is 3. The molecule has 0 fully saturated rings. The van der Waals surface area contributed by atoms with E-state index in [9.17, 15) is 4.79 Å². The Morgan fingerprint density at radius 3 is 2.48 bits per heavy atom. The number of thioether (sulfide) groups is 1. The number of aliphatic carboxylic acids is 1. The monoisotopic (exact) mass is 546 g/mol. The summed E-state index contributed by atoms with van der Waals surface area (Å²) < 4.78 is 12.2. The first-order valence-electron chi connectivity index (χ1n) is 9.83. The van der Waals surface area contributed by atoms with Gasteiger partial charge in [-0.1, -0.05) is 54.6 Å². The van der Waals surface area contributed by atoms with E-state index in [1.807, 2.05) is 55.5 Å². The third-order valence-corrected chi connectivity index (χ3v) is 6.61. The summed E-state index contributed by atoms with van der Waals surface area (Å²) in [5.41, 5.74) is 3.35. The molecule has 31 heavy (non-hydrogen) atoms. The van der Waals surface area contributed by atoms with Crippen LogP contribution in [-0.2, 0) is 4.79 Å². The third kappa shape index (κ3) is 6.77. The standard InChI is InChI=1S/C25H23IO4S/c1-2-29-23-11-7-6-10-21(23)20(18-8-4-3-5-9-18)14-15-31-24-13-12-19(16-22(24)26)30-17-25(27)28/h3-14,16H,2,15,17H2,1H3,(H,27,28). The van der Waals surface area contributed by atoms with Crippen molar-refractivity contribution in [2.75, 3.05) is 19.0 Å². The van der Waals surface area contributed by atoms with Crippen molar-refractivity contribution in [2.45, 2.75) is 11.8 Å². The van der Waals surface area contributed by atoms with Crippen molar-refractivity contribution in [3.63, 3.8) is 0 Å². The second kappa shape index (κ2) is 11.8. The molecule has 0 radical (unpaired) electrons. The number of halogens is 1. The summed E-state index contributed by atoms with van der Waals surface area (Å²) >= 11 is 3.97. The topological polar surface area (TPSA) is 55.8 Å². The summed E-state index contributed by atoms with van der Waals surface area (Å²) in [5, 5.41) is 8.76. The fourth-order valence-corrected chi connectivity index (χ4v) is 4.76. The molecular weight excluding hydrogens is 523 g/mol. The molecule has 0 aromatic heterocycles. The van der Waals surface area contributed by atoms with Crippen molar-refractivity contribution >= 4 is 45.9 Å². The van der Waals surface area contributed by atoms with Crippen LogP contribution >= 0.6 is 34.4 Å². The van der Waals surface area contributed by atoms with E-state index in [2.05, 4.69) is 46.9 Å². The van der Waals surface area contributed by atoms with E-state index >= 15 is 0 Å². The van der Waals surface area contributed by atoms with E-state index in [0.717, 1.165) is 36.7 Å². The largest absolute Gasteiger partial charge is 0.493 e. The molecule has 0 aliphatic carbocycles. The van der Waals surface area contributed by atoms with E-state index in [0.29, 0.717) is 12.4 Å². The number of carboxylic acid groups (broad SMARTS) is 1. The average molecular weight is 546 g/mol. The van der Waals surface area contributed by atoms with Gasteiger partial charge in [-0.25, -0.2) is 4.79 Å². The number of rotatable bonds is 10. The molecule has 4 nitrogen and oxygen atoms in total. The summed E-state index contributed by atoms with van der Waals surface area (Å²) in [6.07, 6.45) is 2.22. The lowest BCUT2D eigenvalue weighted by Gasteiger charge is -2.14. The highest BCUT2D eigenvalue weighted by Crippen LogP contribution is 2.33. The van der Waals surface area contributed by atoms with Gasteiger partial charge in [0, 0.05) is 19.8 Å². The molecule has 0 saturated heterocycles. The predicted octanol–water partition coefficient (Wildman–Crippen LogP) is 6.38. The lowest BCUT2D eigenvalue weighted by molar-refractivity contribution is -0.139. The van der Waals surface area contributed by atoms with Crippen molar-refractivity contribution in [3.8, 4) is 11.5 Å². The highest BCUT2D eigenvalue weighted by Gasteiger charge is 2.11. The molecule has 3 rings (SSSR count). The van der Waals surface area contributed by atoms with Gasteiger partial charge in [0.15, 0.2) is 6.61 Å². The zero-order valence-corrected chi connectivity index (χ0v) is 20.1. The quantitative estimate of drug-likeness (QED) is 0.236. The van der Waals surface area contributed by atoms with Gasteiger partial charge in [-0.3, -0.25) is 0 Å². The maximum Gasteiger partial charge on any atom is 0.341 e. The molecule has 0 aliphatic heterocycles. The summed E-state index contributed by atoms with van der Waals surface area (Å²) in [6, 6.07) is 24.1. The van der Waals surface area contributed by atoms with Gasteiger partial charge in [-0.15, -0.1) is 11.8 Å². The molecule has 0 bridgehead atoms. The minimum absolute atomic E-state index is 0.342. The van der Waals surface area contributed by atoms with Crippen molar-refractivity contribution < 1.29 is 19.4 Å². The minimum Gasteiger partial charge on any atom is -0.493 e. The Morgan fingerprint density at radius 1 is 1.03 bits per heavy atom. The van der Waals surface area contributed by atoms with Crippen LogP contribution < -0.4 is 9.47 Å². The molecule has 0 atom stereocenters. The summed E-state index contributed by atoms with van der Waals surface area (Å²) in [5.74, 6) is 1.22. The molecule has 0 unspecified atom stereocenters. The van der Waals surface area contributed by atoms with Crippen LogP contribution in [0, 0.1) is 3.57 Å². The molecule has 0 spiro atoms. The lowest BCUT2D eigenvalue weighted by Crippen LogP contribution is -2.09. The van der Waals surface area contributed by atoms with E-state index in [4.69, 9.17) is 14.6 Å². The Hall–Kier alpha value is -2.45. The van der Waals surface area contributed by atoms with E-state index in [-0.39, 0.29) is 6.61 Å². The Morgan fingerprint density at radius 2 is 1.77 bits per heavy atom. The van der Waals surface area contributed by atoms with Gasteiger partial charge >= 0.3 is 5.97 Å². The van der Waals surface area contributed by atoms with E-state index in [1.165, 1.54) is 0 Å². The molecular formula is C25H23IO4S. The molecule has 0 amide bonds. The number of para-hydroxylation sites is 1. The molecule has 160 valence electrons. The van der Waals surface area contributed by atoms with Crippen LogP contribution in [0.2, 0.25) is 0 Å². The number of ether oxygens (including phenoxy) is 2. The number of carbonyl (C=O) groups is 1. The Kier molecular flexibility index (Phi) is 8.85. The fraction of sp³-hybridized carbons (Fsp3) is 0.160. The van der Waals surface area contributed by atoms with E-state index < -0.39 is 5.97 Å². The summed E-state index contributed by atoms with van der Waals surface area (Å²) in [4.78, 5) is 11.8. The highest BCUT2D eigenvalue weighted by atomic mass is 127. The Bertz CT molecular complexity index is 1050. The zero-order valence-electron chi connectivity index (χ0n) is 17.1. The first kappa shape index (κ1) is 23.2. The van der Waals surface area contributed by atoms with Gasteiger partial charge < -0.3 is 14.6 Å². The summed E-state index contributed by atoms with van der Waals surface area (Å²) in [6.45, 7) is 2.26. The Labute approximate surface area is 200 Å². The molecule has 3 aromatic carbocycles. The minimum atomic E-state index is -0.987. The van der Waals surface area contributed by atoms with Gasteiger partial charge in [0.05, 0.1) is 6.61 Å². The molecule has 6 heteroatoms. The normalized spacial score (nSPS) is 11.2. The molecule has 3 aromatic rings. The van der Waals surface area contributed by atoms with Crippen LogP contribution in [0.3, 0.4) is 0 Å². The van der Waals surface area contributed by atoms with Gasteiger partial charge in [0.2, 0.25) is 0 Å². The van der Waals surface area contributed by atoms with Gasteiger partial charge in [-0.2, -0.15) is 0 Å². The Balaban J connectivity index is 1.82. The van der Waals surface area contributed by atoms with Crippen molar-refractivity contribution in [1.82, 2.24) is 0 Å². The second-order valence-corrected chi connectivity index (χ2v) is 8.72. The zero-order chi connectivity index (χ0) is 22.1. The molecule has 0 heterocycles. The van der Waals surface area contributed by atoms with Crippen LogP contribution in [0.15, 0.2) is 83.8 Å². The van der Waals surface area contributed by atoms with Crippen LogP contribution in [0.5, 0.6) is 11.5 Å². The summed E-state index contributed by atoms with van der Waals surface area (Å²) in [7, 11) is 0. The molecule has 0 aliphatic rings. The SMILES string of the molecule is CCOc1ccccc1C(=CCSc1ccc(OCC(=O)O)cc1I)c1ccccc1. The third-order valence-electron chi connectivity index (χ3n) is 4.35. The number of carboxylic acids is 1. The highest BCUT2D eigenvalue weighted by molar-refractivity contribution is 14.1. The van der Waals surface area contributed by atoms with Crippen molar-refractivity contribution in [2.24, 2.45) is 0 Å². The van der Waals surface area contributed by atoms with Crippen LogP contribution in [-0.4, -0.2) is 30.0 Å². The maximum atomic E-state index is 10.7. The van der Waals surface area contributed by atoms with Crippen molar-refractivity contribution in [1.29, 1.82) is 0 Å². The van der Waals surface area contributed by atoms with Crippen molar-refractivity contribution in [3.05, 3.63) is 93.6 Å². The van der Waals surface area contributed by atoms with Crippen LogP contribution in [0.4, 0.5) is 0 Å². The maximum absolute atomic E-state index is 10.7. The predicted molar refractivity (Wildman–Crippen MR) is 134 cm³/mol. The first-order valence-corrected chi connectivity index (χ1v) is 11.9. The average Bonchev–Trinajstić information content (AvgIpc) is 2.78. The fourth-order valence-electron chi connectivity index (χ4n) is 3.02. The van der Waals surface area contributed by atoms with Gasteiger partial charge in [0.25, 0.3) is 0 Å². The lowest BCUT2D eigenvalue weighted by atomic mass is 9.97. The van der Waals surface area contributed by atoms with Gasteiger partial charge in [-0.05, 0) is 64.9 Å². The smallest absolute Gasteiger partial charge is 0.341 e. The first-order chi connectivity index (χ1) is 15.1. The number of hydrogen-bond donors (Lipinski definition) is 1. The second-order valence-electron chi connectivity index (χ2n) is 6.50. The van der Waals surface area contributed by atoms with E-state index in [1.54, 1.807) is 17.8 Å². The number of hydrogen-bond acceptors (Lipinski definition) is 4. The van der Waals surface area contributed by atoms with Crippen LogP contribution in [0.25, 0.3) is 5.57 Å².